The van der Waals surface area contributed by atoms with Crippen molar-refractivity contribution in [3.05, 3.63) is 0 Å². The van der Waals surface area contributed by atoms with Crippen LogP contribution in [0.3, 0.4) is 0 Å². The largest absolute Gasteiger partial charge is 0.481 e. The third-order valence-electron chi connectivity index (χ3n) is 1.07. The fourth-order valence-corrected chi connectivity index (χ4v) is 0.448. The van der Waals surface area contributed by atoms with Gasteiger partial charge in [0, 0.05) is 5.75 Å². The van der Waals surface area contributed by atoms with Crippen LogP contribution in [0.1, 0.15) is 12.8 Å². The fourth-order valence-electron chi connectivity index (χ4n) is 0.292. The molecule has 0 heterocycles. The summed E-state index contributed by atoms with van der Waals surface area (Å²) >= 11 is 3.65. The van der Waals surface area contributed by atoms with E-state index < -0.39 is 23.9 Å². The second-order valence-electron chi connectivity index (χ2n) is 2.41. The standard InChI is InChI=1S/C4H6O4.C3H7NO2S/c5-3(6)1-2-4(7)8;4-2(1-7)3(5)6/h1-2H2,(H,5,6)(H,7,8);2,7H,1,4H2,(H,5,6). The molecule has 0 spiro atoms. The summed E-state index contributed by atoms with van der Waals surface area (Å²) in [5.41, 5.74) is 4.94. The zero-order valence-electron chi connectivity index (χ0n) is 7.79. The van der Waals surface area contributed by atoms with Gasteiger partial charge in [0.25, 0.3) is 0 Å². The van der Waals surface area contributed by atoms with Gasteiger partial charge < -0.3 is 21.1 Å². The van der Waals surface area contributed by atoms with Crippen molar-refractivity contribution in [2.24, 2.45) is 5.73 Å². The lowest BCUT2D eigenvalue weighted by molar-refractivity contribution is -0.143. The van der Waals surface area contributed by atoms with E-state index in [1.807, 2.05) is 0 Å². The molecule has 15 heavy (non-hydrogen) atoms. The summed E-state index contributed by atoms with van der Waals surface area (Å²) in [6.45, 7) is 0. The first-order chi connectivity index (χ1) is 6.81. The Morgan fingerprint density at radius 3 is 1.47 bits per heavy atom. The SMILES string of the molecule is NC(CS)C(=O)O.O=C(O)CCC(=O)O. The maximum Gasteiger partial charge on any atom is 0.321 e. The molecular weight excluding hydrogens is 226 g/mol. The van der Waals surface area contributed by atoms with E-state index in [0.717, 1.165) is 0 Å². The first kappa shape index (κ1) is 16.2. The molecule has 0 rings (SSSR count). The second-order valence-corrected chi connectivity index (χ2v) is 2.78. The Hall–Kier alpha value is -1.28. The molecule has 0 radical (unpaired) electrons. The summed E-state index contributed by atoms with van der Waals surface area (Å²) in [6.07, 6.45) is -0.593. The maximum atomic E-state index is 9.76. The summed E-state index contributed by atoms with van der Waals surface area (Å²) in [7, 11) is 0. The lowest BCUT2D eigenvalue weighted by Crippen LogP contribution is -2.31. The molecule has 0 aliphatic carbocycles. The highest BCUT2D eigenvalue weighted by Crippen LogP contribution is 1.86. The molecule has 5 N–H and O–H groups in total. The van der Waals surface area contributed by atoms with E-state index in [1.54, 1.807) is 0 Å². The molecular formula is C7H13NO6S. The van der Waals surface area contributed by atoms with Crippen LogP contribution in [0.15, 0.2) is 0 Å². The molecule has 0 aliphatic heterocycles. The molecule has 1 unspecified atom stereocenters. The minimum absolute atomic E-state index is 0.190. The first-order valence-corrected chi connectivity index (χ1v) is 4.47. The van der Waals surface area contributed by atoms with E-state index >= 15 is 0 Å². The summed E-state index contributed by atoms with van der Waals surface area (Å²) in [5, 5.41) is 23.8. The number of nitrogens with two attached hydrogens (primary N) is 1. The maximum absolute atomic E-state index is 9.76. The number of carboxylic acid groups (broad SMARTS) is 3. The number of thiol groups is 1. The van der Waals surface area contributed by atoms with E-state index in [4.69, 9.17) is 21.1 Å². The van der Waals surface area contributed by atoms with Crippen LogP contribution in [0.2, 0.25) is 0 Å². The Morgan fingerprint density at radius 2 is 1.40 bits per heavy atom. The molecule has 1 atom stereocenters. The van der Waals surface area contributed by atoms with Crippen molar-refractivity contribution >= 4 is 30.5 Å². The van der Waals surface area contributed by atoms with Gasteiger partial charge in [-0.2, -0.15) is 12.6 Å². The Labute approximate surface area is 91.3 Å². The topological polar surface area (TPSA) is 138 Å². The van der Waals surface area contributed by atoms with Gasteiger partial charge in [0.05, 0.1) is 12.8 Å². The summed E-state index contributed by atoms with van der Waals surface area (Å²) in [4.78, 5) is 29.0. The molecule has 7 nitrogen and oxygen atoms in total. The predicted molar refractivity (Wildman–Crippen MR) is 54.0 cm³/mol. The van der Waals surface area contributed by atoms with Crippen molar-refractivity contribution in [1.82, 2.24) is 0 Å². The number of carboxylic acids is 3. The molecule has 0 aliphatic rings. The van der Waals surface area contributed by atoms with Crippen molar-refractivity contribution in [2.45, 2.75) is 18.9 Å². The van der Waals surface area contributed by atoms with Gasteiger partial charge in [-0.1, -0.05) is 0 Å². The average Bonchev–Trinajstić information content (AvgIpc) is 2.14. The molecule has 88 valence electrons. The summed E-state index contributed by atoms with van der Waals surface area (Å²) < 4.78 is 0. The van der Waals surface area contributed by atoms with Crippen LogP contribution < -0.4 is 5.73 Å². The predicted octanol–water partition coefficient (Wildman–Crippen LogP) is -0.736. The minimum Gasteiger partial charge on any atom is -0.481 e. The Bertz CT molecular complexity index is 218. The van der Waals surface area contributed by atoms with Crippen LogP contribution in [-0.2, 0) is 14.4 Å². The van der Waals surface area contributed by atoms with E-state index in [-0.39, 0.29) is 18.6 Å². The Morgan fingerprint density at radius 1 is 1.07 bits per heavy atom. The molecule has 0 bridgehead atoms. The first-order valence-electron chi connectivity index (χ1n) is 3.84. The second kappa shape index (κ2) is 9.28. The van der Waals surface area contributed by atoms with E-state index in [0.29, 0.717) is 0 Å². The highest BCUT2D eigenvalue weighted by molar-refractivity contribution is 7.80. The van der Waals surface area contributed by atoms with Gasteiger partial charge in [0.2, 0.25) is 0 Å². The Kier molecular flexibility index (Phi) is 10.0. The van der Waals surface area contributed by atoms with Crippen LogP contribution >= 0.6 is 12.6 Å². The van der Waals surface area contributed by atoms with Crippen molar-refractivity contribution < 1.29 is 29.7 Å². The highest BCUT2D eigenvalue weighted by atomic mass is 32.1. The van der Waals surface area contributed by atoms with Crippen molar-refractivity contribution in [1.29, 1.82) is 0 Å². The van der Waals surface area contributed by atoms with Gasteiger partial charge in [0.1, 0.15) is 6.04 Å². The van der Waals surface area contributed by atoms with E-state index in [1.165, 1.54) is 0 Å². The normalized spacial score (nSPS) is 10.8. The zero-order valence-corrected chi connectivity index (χ0v) is 8.68. The van der Waals surface area contributed by atoms with E-state index in [2.05, 4.69) is 12.6 Å². The van der Waals surface area contributed by atoms with Gasteiger partial charge in [-0.3, -0.25) is 14.4 Å². The molecule has 0 aromatic carbocycles. The smallest absolute Gasteiger partial charge is 0.321 e. The molecule has 0 saturated heterocycles. The van der Waals surface area contributed by atoms with Crippen molar-refractivity contribution in [3.8, 4) is 0 Å². The van der Waals surface area contributed by atoms with Crippen LogP contribution in [0.5, 0.6) is 0 Å². The van der Waals surface area contributed by atoms with Crippen LogP contribution in [0.4, 0.5) is 0 Å². The van der Waals surface area contributed by atoms with Gasteiger partial charge in [-0.05, 0) is 0 Å². The van der Waals surface area contributed by atoms with Crippen LogP contribution in [-0.4, -0.2) is 45.0 Å². The van der Waals surface area contributed by atoms with Gasteiger partial charge in [0.15, 0.2) is 0 Å². The lowest BCUT2D eigenvalue weighted by atomic mass is 10.3. The van der Waals surface area contributed by atoms with Crippen molar-refractivity contribution in [2.75, 3.05) is 5.75 Å². The number of carbonyl (C=O) groups is 3. The third-order valence-corrected chi connectivity index (χ3v) is 1.46. The minimum atomic E-state index is -1.08. The third kappa shape index (κ3) is 15.5. The summed E-state index contributed by atoms with van der Waals surface area (Å²) in [5.74, 6) is -2.97. The molecule has 0 saturated carbocycles. The highest BCUT2D eigenvalue weighted by Gasteiger charge is 2.06. The quantitative estimate of drug-likeness (QED) is 0.398. The van der Waals surface area contributed by atoms with E-state index in [9.17, 15) is 14.4 Å². The number of rotatable bonds is 5. The molecule has 0 aromatic heterocycles. The fraction of sp³-hybridized carbons (Fsp3) is 0.571. The van der Waals surface area contributed by atoms with Crippen LogP contribution in [0, 0.1) is 0 Å². The summed E-state index contributed by atoms with van der Waals surface area (Å²) in [6, 6.07) is -0.816. The van der Waals surface area contributed by atoms with Gasteiger partial charge >= 0.3 is 17.9 Å². The number of hydrogen-bond donors (Lipinski definition) is 5. The van der Waals surface area contributed by atoms with Crippen molar-refractivity contribution in [3.63, 3.8) is 0 Å². The zero-order chi connectivity index (χ0) is 12.4. The average molecular weight is 239 g/mol. The lowest BCUT2D eigenvalue weighted by Gasteiger charge is -1.96. The Balaban J connectivity index is 0. The van der Waals surface area contributed by atoms with Gasteiger partial charge in [-0.15, -0.1) is 0 Å². The molecule has 8 heteroatoms. The monoisotopic (exact) mass is 239 g/mol. The molecule has 0 amide bonds. The van der Waals surface area contributed by atoms with Gasteiger partial charge in [-0.25, -0.2) is 0 Å². The molecule has 0 aromatic rings. The number of aliphatic carboxylic acids is 3. The van der Waals surface area contributed by atoms with Crippen LogP contribution in [0.25, 0.3) is 0 Å². The number of hydrogen-bond acceptors (Lipinski definition) is 5. The molecule has 0 fully saturated rings.